The molecule has 0 aromatic carbocycles. The van der Waals surface area contributed by atoms with Gasteiger partial charge in [-0.25, -0.2) is 0 Å². The van der Waals surface area contributed by atoms with Crippen molar-refractivity contribution in [3.63, 3.8) is 0 Å². The number of likely N-dealkylation sites (N-methyl/N-ethyl adjacent to an activating group) is 1. The Bertz CT molecular complexity index is 381. The number of hydrogen-bond acceptors (Lipinski definition) is 4. The van der Waals surface area contributed by atoms with Crippen LogP contribution in [0.5, 0.6) is 0 Å². The fourth-order valence-electron chi connectivity index (χ4n) is 3.06. The van der Waals surface area contributed by atoms with Crippen LogP contribution in [0.2, 0.25) is 0 Å². The number of hydrogen-bond donors (Lipinski definition) is 0. The van der Waals surface area contributed by atoms with Crippen molar-refractivity contribution >= 4 is 11.8 Å². The van der Waals surface area contributed by atoms with Crippen molar-refractivity contribution in [2.45, 2.75) is 25.7 Å². The Hall–Kier alpha value is -1.14. The van der Waals surface area contributed by atoms with Crippen molar-refractivity contribution in [1.82, 2.24) is 14.7 Å². The molecule has 2 aliphatic rings. The molecular formula is C16H29N3O3. The molecule has 2 fully saturated rings. The fourth-order valence-corrected chi connectivity index (χ4v) is 3.06. The Morgan fingerprint density at radius 2 is 1.95 bits per heavy atom. The molecule has 0 aromatic rings. The zero-order valence-corrected chi connectivity index (χ0v) is 13.9. The van der Waals surface area contributed by atoms with Crippen LogP contribution >= 0.6 is 0 Å². The molecule has 0 bridgehead atoms. The van der Waals surface area contributed by atoms with Crippen LogP contribution in [-0.2, 0) is 14.3 Å². The zero-order chi connectivity index (χ0) is 15.9. The summed E-state index contributed by atoms with van der Waals surface area (Å²) in [7, 11) is 3.56. The predicted molar refractivity (Wildman–Crippen MR) is 84.5 cm³/mol. The van der Waals surface area contributed by atoms with Gasteiger partial charge in [-0.2, -0.15) is 0 Å². The van der Waals surface area contributed by atoms with E-state index in [0.717, 1.165) is 58.7 Å². The Balaban J connectivity index is 1.76. The van der Waals surface area contributed by atoms with Gasteiger partial charge in [0.15, 0.2) is 0 Å². The summed E-state index contributed by atoms with van der Waals surface area (Å²) in [6.07, 6.45) is 3.71. The third-order valence-corrected chi connectivity index (χ3v) is 4.52. The third-order valence-electron chi connectivity index (χ3n) is 4.52. The van der Waals surface area contributed by atoms with E-state index >= 15 is 0 Å². The smallest absolute Gasteiger partial charge is 0.236 e. The number of carbonyl (C=O) groups is 2. The molecular weight excluding hydrogens is 282 g/mol. The highest BCUT2D eigenvalue weighted by atomic mass is 16.5. The number of carbonyl (C=O) groups excluding carboxylic acids is 2. The van der Waals surface area contributed by atoms with Crippen molar-refractivity contribution in [2.24, 2.45) is 5.92 Å². The van der Waals surface area contributed by atoms with Crippen molar-refractivity contribution in [3.05, 3.63) is 0 Å². The lowest BCUT2D eigenvalue weighted by atomic mass is 9.98. The summed E-state index contributed by atoms with van der Waals surface area (Å²) in [6.45, 7) is 5.21. The highest BCUT2D eigenvalue weighted by molar-refractivity contribution is 5.78. The molecule has 0 spiro atoms. The van der Waals surface area contributed by atoms with E-state index in [4.69, 9.17) is 4.74 Å². The van der Waals surface area contributed by atoms with E-state index < -0.39 is 0 Å². The molecule has 126 valence electrons. The molecule has 2 amide bonds. The first-order chi connectivity index (χ1) is 10.6. The van der Waals surface area contributed by atoms with E-state index in [0.29, 0.717) is 18.9 Å². The van der Waals surface area contributed by atoms with Crippen LogP contribution in [0.25, 0.3) is 0 Å². The predicted octanol–water partition coefficient (Wildman–Crippen LogP) is 0.426. The van der Waals surface area contributed by atoms with Gasteiger partial charge >= 0.3 is 0 Å². The molecule has 0 saturated carbocycles. The number of nitrogens with zero attached hydrogens (tertiary/aromatic N) is 3. The lowest BCUT2D eigenvalue weighted by molar-refractivity contribution is -0.133. The molecule has 1 atom stereocenters. The van der Waals surface area contributed by atoms with E-state index in [1.165, 1.54) is 0 Å². The first kappa shape index (κ1) is 17.2. The molecule has 2 saturated heterocycles. The highest BCUT2D eigenvalue weighted by Gasteiger charge is 2.24. The van der Waals surface area contributed by atoms with Crippen molar-refractivity contribution < 1.29 is 14.3 Å². The van der Waals surface area contributed by atoms with Crippen molar-refractivity contribution in [1.29, 1.82) is 0 Å². The van der Waals surface area contributed by atoms with Crippen molar-refractivity contribution in [3.8, 4) is 0 Å². The van der Waals surface area contributed by atoms with Crippen LogP contribution < -0.4 is 0 Å². The average Bonchev–Trinajstić information content (AvgIpc) is 2.74. The Morgan fingerprint density at radius 3 is 2.64 bits per heavy atom. The third kappa shape index (κ3) is 5.25. The maximum absolute atomic E-state index is 12.4. The van der Waals surface area contributed by atoms with Gasteiger partial charge in [0.25, 0.3) is 0 Å². The quantitative estimate of drug-likeness (QED) is 0.755. The fraction of sp³-hybridized carbons (Fsp3) is 0.875. The topological polar surface area (TPSA) is 53.1 Å². The zero-order valence-electron chi connectivity index (χ0n) is 13.9. The maximum atomic E-state index is 12.4. The first-order valence-corrected chi connectivity index (χ1v) is 8.34. The van der Waals surface area contributed by atoms with Crippen molar-refractivity contribution in [2.75, 3.05) is 60.0 Å². The SMILES string of the molecule is CN(C)C(=O)CN1CCCN(C(=O)CC2CCCOC2)CC1. The summed E-state index contributed by atoms with van der Waals surface area (Å²) in [5.41, 5.74) is 0. The van der Waals surface area contributed by atoms with Crippen LogP contribution in [0.3, 0.4) is 0 Å². The molecule has 6 heteroatoms. The van der Waals surface area contributed by atoms with Crippen LogP contribution in [0.1, 0.15) is 25.7 Å². The van der Waals surface area contributed by atoms with Gasteiger partial charge in [-0.05, 0) is 25.2 Å². The molecule has 2 heterocycles. The summed E-state index contributed by atoms with van der Waals surface area (Å²) in [5, 5.41) is 0. The molecule has 2 aliphatic heterocycles. The monoisotopic (exact) mass is 311 g/mol. The van der Waals surface area contributed by atoms with Crippen LogP contribution in [-0.4, -0.2) is 86.5 Å². The van der Waals surface area contributed by atoms with E-state index in [-0.39, 0.29) is 11.8 Å². The second-order valence-corrected chi connectivity index (χ2v) is 6.59. The second kappa shape index (κ2) is 8.48. The van der Waals surface area contributed by atoms with Gasteiger partial charge in [-0.3, -0.25) is 14.5 Å². The number of rotatable bonds is 4. The summed E-state index contributed by atoms with van der Waals surface area (Å²) in [6, 6.07) is 0. The van der Waals surface area contributed by atoms with Gasteiger partial charge in [0.2, 0.25) is 11.8 Å². The molecule has 0 aromatic heterocycles. The second-order valence-electron chi connectivity index (χ2n) is 6.59. The van der Waals surface area contributed by atoms with Gasteiger partial charge in [-0.15, -0.1) is 0 Å². The number of ether oxygens (including phenoxy) is 1. The van der Waals surface area contributed by atoms with Gasteiger partial charge in [0.1, 0.15) is 0 Å². The van der Waals surface area contributed by atoms with E-state index in [1.54, 1.807) is 19.0 Å². The lowest BCUT2D eigenvalue weighted by Gasteiger charge is -2.26. The van der Waals surface area contributed by atoms with Crippen LogP contribution in [0.15, 0.2) is 0 Å². The van der Waals surface area contributed by atoms with E-state index in [9.17, 15) is 9.59 Å². The minimum atomic E-state index is 0.124. The highest BCUT2D eigenvalue weighted by Crippen LogP contribution is 2.18. The molecule has 0 N–H and O–H groups in total. The summed E-state index contributed by atoms with van der Waals surface area (Å²) < 4.78 is 5.46. The normalized spacial score (nSPS) is 23.9. The Kier molecular flexibility index (Phi) is 6.64. The summed E-state index contributed by atoms with van der Waals surface area (Å²) >= 11 is 0. The summed E-state index contributed by atoms with van der Waals surface area (Å²) in [4.78, 5) is 30.0. The largest absolute Gasteiger partial charge is 0.381 e. The molecule has 0 aliphatic carbocycles. The average molecular weight is 311 g/mol. The van der Waals surface area contributed by atoms with Gasteiger partial charge in [0.05, 0.1) is 6.54 Å². The summed E-state index contributed by atoms with van der Waals surface area (Å²) in [5.74, 6) is 0.756. The molecule has 22 heavy (non-hydrogen) atoms. The van der Waals surface area contributed by atoms with E-state index in [1.807, 2.05) is 4.90 Å². The molecule has 6 nitrogen and oxygen atoms in total. The van der Waals surface area contributed by atoms with Gasteiger partial charge < -0.3 is 14.5 Å². The minimum absolute atomic E-state index is 0.124. The minimum Gasteiger partial charge on any atom is -0.381 e. The van der Waals surface area contributed by atoms with E-state index in [2.05, 4.69) is 4.90 Å². The molecule has 0 radical (unpaired) electrons. The number of amides is 2. The van der Waals surface area contributed by atoms with Crippen LogP contribution in [0.4, 0.5) is 0 Å². The Morgan fingerprint density at radius 1 is 1.14 bits per heavy atom. The lowest BCUT2D eigenvalue weighted by Crippen LogP contribution is -2.40. The standard InChI is InChI=1S/C16H29N3O3/c1-17(2)16(21)12-18-6-4-7-19(9-8-18)15(20)11-14-5-3-10-22-13-14/h14H,3-13H2,1-2H3. The first-order valence-electron chi connectivity index (χ1n) is 8.34. The van der Waals surface area contributed by atoms with Crippen LogP contribution in [0, 0.1) is 5.92 Å². The van der Waals surface area contributed by atoms with Gasteiger partial charge in [0, 0.05) is 59.9 Å². The molecule has 1 unspecified atom stereocenters. The Labute approximate surface area is 133 Å². The maximum Gasteiger partial charge on any atom is 0.236 e. The molecule has 2 rings (SSSR count). The van der Waals surface area contributed by atoms with Gasteiger partial charge in [-0.1, -0.05) is 0 Å².